The summed E-state index contributed by atoms with van der Waals surface area (Å²) in [7, 11) is 0. The SMILES string of the molecule is O=C1c2oc3ccccc3c(=O)c2[C@@H](c2cccc(O)c2)N1c1nc2ccc(Cl)cc2s1. The topological polar surface area (TPSA) is 83.6 Å². The van der Waals surface area contributed by atoms with E-state index in [0.717, 1.165) is 4.70 Å². The summed E-state index contributed by atoms with van der Waals surface area (Å²) in [5.41, 5.74) is 1.57. The second-order valence-corrected chi connectivity index (χ2v) is 8.90. The Morgan fingerprint density at radius 3 is 2.72 bits per heavy atom. The zero-order chi connectivity index (χ0) is 22.0. The molecule has 5 aromatic rings. The van der Waals surface area contributed by atoms with E-state index >= 15 is 0 Å². The smallest absolute Gasteiger partial charge is 0.297 e. The van der Waals surface area contributed by atoms with E-state index in [-0.39, 0.29) is 22.5 Å². The predicted molar refractivity (Wildman–Crippen MR) is 124 cm³/mol. The molecule has 0 spiro atoms. The summed E-state index contributed by atoms with van der Waals surface area (Å²) in [6, 6.07) is 17.9. The van der Waals surface area contributed by atoms with Crippen LogP contribution < -0.4 is 10.3 Å². The van der Waals surface area contributed by atoms with Crippen LogP contribution in [0.4, 0.5) is 5.13 Å². The average molecular weight is 461 g/mol. The van der Waals surface area contributed by atoms with E-state index in [9.17, 15) is 14.7 Å². The van der Waals surface area contributed by atoms with E-state index in [1.807, 2.05) is 0 Å². The van der Waals surface area contributed by atoms with Gasteiger partial charge in [-0.1, -0.05) is 47.2 Å². The molecule has 0 fully saturated rings. The normalized spacial score (nSPS) is 15.6. The van der Waals surface area contributed by atoms with Crippen LogP contribution in [0, 0.1) is 0 Å². The van der Waals surface area contributed by atoms with E-state index in [2.05, 4.69) is 4.98 Å². The van der Waals surface area contributed by atoms with Crippen molar-refractivity contribution in [2.24, 2.45) is 0 Å². The van der Waals surface area contributed by atoms with Gasteiger partial charge in [0, 0.05) is 5.02 Å². The van der Waals surface area contributed by atoms with Crippen LogP contribution >= 0.6 is 22.9 Å². The minimum atomic E-state index is -0.790. The van der Waals surface area contributed by atoms with E-state index in [0.29, 0.717) is 32.2 Å². The molecule has 0 radical (unpaired) electrons. The van der Waals surface area contributed by atoms with Gasteiger partial charge in [0.05, 0.1) is 27.2 Å². The summed E-state index contributed by atoms with van der Waals surface area (Å²) in [5.74, 6) is -0.440. The number of para-hydroxylation sites is 1. The van der Waals surface area contributed by atoms with E-state index < -0.39 is 11.9 Å². The maximum atomic E-state index is 13.6. The molecule has 3 heterocycles. The number of carbonyl (C=O) groups is 1. The van der Waals surface area contributed by atoms with Crippen molar-refractivity contribution in [3.05, 3.63) is 98.9 Å². The van der Waals surface area contributed by atoms with Crippen molar-refractivity contribution in [1.29, 1.82) is 0 Å². The quantitative estimate of drug-likeness (QED) is 0.375. The summed E-state index contributed by atoms with van der Waals surface area (Å²) < 4.78 is 6.74. The highest BCUT2D eigenvalue weighted by Gasteiger charge is 2.45. The molecule has 1 aliphatic rings. The van der Waals surface area contributed by atoms with Gasteiger partial charge in [0.25, 0.3) is 5.91 Å². The third-order valence-corrected chi connectivity index (χ3v) is 6.76. The molecular weight excluding hydrogens is 448 g/mol. The average Bonchev–Trinajstić information content (AvgIpc) is 3.32. The Morgan fingerprint density at radius 1 is 1.03 bits per heavy atom. The van der Waals surface area contributed by atoms with Gasteiger partial charge >= 0.3 is 0 Å². The lowest BCUT2D eigenvalue weighted by Gasteiger charge is -2.22. The molecule has 0 saturated carbocycles. The summed E-state index contributed by atoms with van der Waals surface area (Å²) in [6.45, 7) is 0. The Morgan fingerprint density at radius 2 is 1.88 bits per heavy atom. The molecule has 1 N–H and O–H groups in total. The molecule has 2 aromatic heterocycles. The number of amides is 1. The number of nitrogens with zero attached hydrogens (tertiary/aromatic N) is 2. The molecule has 0 unspecified atom stereocenters. The first kappa shape index (κ1) is 19.0. The summed E-state index contributed by atoms with van der Waals surface area (Å²) >= 11 is 7.43. The van der Waals surface area contributed by atoms with Gasteiger partial charge in [-0.3, -0.25) is 14.5 Å². The molecule has 156 valence electrons. The molecule has 0 saturated heterocycles. The molecule has 8 heteroatoms. The first-order valence-electron chi connectivity index (χ1n) is 9.75. The van der Waals surface area contributed by atoms with Gasteiger partial charge in [-0.25, -0.2) is 4.98 Å². The van der Waals surface area contributed by atoms with Gasteiger partial charge in [-0.05, 0) is 48.0 Å². The largest absolute Gasteiger partial charge is 0.508 e. The maximum Gasteiger partial charge on any atom is 0.297 e. The van der Waals surface area contributed by atoms with Crippen LogP contribution in [0.15, 0.2) is 75.9 Å². The molecule has 1 amide bonds. The van der Waals surface area contributed by atoms with Crippen LogP contribution in [0.5, 0.6) is 5.75 Å². The zero-order valence-corrected chi connectivity index (χ0v) is 17.9. The molecule has 6 rings (SSSR count). The molecule has 3 aromatic carbocycles. The molecule has 6 nitrogen and oxygen atoms in total. The lowest BCUT2D eigenvalue weighted by Crippen LogP contribution is -2.29. The number of phenolic OH excluding ortho intramolecular Hbond substituents is 1. The van der Waals surface area contributed by atoms with Crippen LogP contribution in [0.25, 0.3) is 21.2 Å². The first-order valence-corrected chi connectivity index (χ1v) is 10.9. The number of hydrogen-bond donors (Lipinski definition) is 1. The minimum Gasteiger partial charge on any atom is -0.508 e. The molecule has 1 atom stereocenters. The number of thiazole rings is 1. The van der Waals surface area contributed by atoms with Crippen LogP contribution in [-0.4, -0.2) is 16.0 Å². The first-order chi connectivity index (χ1) is 15.5. The van der Waals surface area contributed by atoms with Crippen molar-refractivity contribution in [2.75, 3.05) is 4.90 Å². The third kappa shape index (κ3) is 2.75. The maximum absolute atomic E-state index is 13.6. The fraction of sp³-hybridized carbons (Fsp3) is 0.0417. The number of halogens is 1. The Bertz CT molecular complexity index is 1620. The van der Waals surface area contributed by atoms with Crippen molar-refractivity contribution in [3.63, 3.8) is 0 Å². The van der Waals surface area contributed by atoms with Crippen LogP contribution in [0.3, 0.4) is 0 Å². The highest BCUT2D eigenvalue weighted by atomic mass is 35.5. The molecule has 32 heavy (non-hydrogen) atoms. The Labute approximate surface area is 189 Å². The third-order valence-electron chi connectivity index (χ3n) is 5.51. The minimum absolute atomic E-state index is 0.0145. The molecular formula is C24H13ClN2O4S. The standard InChI is InChI=1S/C24H13ClN2O4S/c25-13-8-9-16-18(11-13)32-24(26-16)27-20(12-4-3-5-14(28)10-12)19-21(29)15-6-1-2-7-17(15)31-22(19)23(27)30/h1-11,20,28H/t20-/m1/s1. The Kier molecular flexibility index (Phi) is 4.11. The molecule has 0 aliphatic carbocycles. The predicted octanol–water partition coefficient (Wildman–Crippen LogP) is 5.51. The van der Waals surface area contributed by atoms with Gasteiger partial charge in [-0.2, -0.15) is 0 Å². The fourth-order valence-corrected chi connectivity index (χ4v) is 5.38. The Hall–Kier alpha value is -3.68. The van der Waals surface area contributed by atoms with Crippen LogP contribution in [-0.2, 0) is 0 Å². The van der Waals surface area contributed by atoms with Crippen LogP contribution in [0.1, 0.15) is 27.7 Å². The number of phenols is 1. The second kappa shape index (κ2) is 6.91. The lowest BCUT2D eigenvalue weighted by molar-refractivity contribution is 0.0971. The number of aromatic hydroxyl groups is 1. The summed E-state index contributed by atoms with van der Waals surface area (Å²) in [5, 5.41) is 11.5. The number of hydrogen-bond acceptors (Lipinski definition) is 6. The summed E-state index contributed by atoms with van der Waals surface area (Å²) in [6.07, 6.45) is 0. The zero-order valence-electron chi connectivity index (χ0n) is 16.3. The number of aromatic nitrogens is 1. The Balaban J connectivity index is 1.65. The van der Waals surface area contributed by atoms with E-state index in [1.165, 1.54) is 22.3 Å². The van der Waals surface area contributed by atoms with Gasteiger partial charge in [0.15, 0.2) is 10.6 Å². The van der Waals surface area contributed by atoms with E-state index in [4.69, 9.17) is 16.0 Å². The van der Waals surface area contributed by atoms with Crippen molar-refractivity contribution >= 4 is 55.2 Å². The fourth-order valence-electron chi connectivity index (χ4n) is 4.12. The van der Waals surface area contributed by atoms with Crippen molar-refractivity contribution in [1.82, 2.24) is 4.98 Å². The van der Waals surface area contributed by atoms with Gasteiger partial charge in [0.2, 0.25) is 5.76 Å². The number of fused-ring (bicyclic) bond motifs is 3. The molecule has 0 bridgehead atoms. The van der Waals surface area contributed by atoms with Crippen LogP contribution in [0.2, 0.25) is 5.02 Å². The van der Waals surface area contributed by atoms with Crippen molar-refractivity contribution < 1.29 is 14.3 Å². The van der Waals surface area contributed by atoms with Crippen molar-refractivity contribution in [3.8, 4) is 5.75 Å². The highest BCUT2D eigenvalue weighted by molar-refractivity contribution is 7.22. The van der Waals surface area contributed by atoms with Crippen molar-refractivity contribution in [2.45, 2.75) is 6.04 Å². The summed E-state index contributed by atoms with van der Waals surface area (Å²) in [4.78, 5) is 33.2. The monoisotopic (exact) mass is 460 g/mol. The highest BCUT2D eigenvalue weighted by Crippen LogP contribution is 2.44. The lowest BCUT2D eigenvalue weighted by atomic mass is 9.98. The van der Waals surface area contributed by atoms with E-state index in [1.54, 1.807) is 60.7 Å². The van der Waals surface area contributed by atoms with Gasteiger partial charge < -0.3 is 9.52 Å². The van der Waals surface area contributed by atoms with Gasteiger partial charge in [0.1, 0.15) is 11.3 Å². The van der Waals surface area contributed by atoms with Gasteiger partial charge in [-0.15, -0.1) is 0 Å². The second-order valence-electron chi connectivity index (χ2n) is 7.45. The number of carbonyl (C=O) groups excluding carboxylic acids is 1. The molecule has 1 aliphatic heterocycles. The number of anilines is 1. The number of rotatable bonds is 2. The number of benzene rings is 3.